The van der Waals surface area contributed by atoms with Gasteiger partial charge in [-0.2, -0.15) is 5.26 Å². The second-order valence-corrected chi connectivity index (χ2v) is 3.90. The van der Waals surface area contributed by atoms with Gasteiger partial charge in [-0.25, -0.2) is 13.6 Å². The maximum Gasteiger partial charge on any atom is 0.335 e. The molecule has 2 N–H and O–H groups in total. The Kier molecular flexibility index (Phi) is 3.62. The van der Waals surface area contributed by atoms with Crippen molar-refractivity contribution in [2.24, 2.45) is 0 Å². The zero-order valence-corrected chi connectivity index (χ0v) is 10.0. The van der Waals surface area contributed by atoms with Gasteiger partial charge in [0.2, 0.25) is 0 Å². The number of halogens is 2. The molecule has 0 atom stereocenters. The summed E-state index contributed by atoms with van der Waals surface area (Å²) in [6.45, 7) is 0. The highest BCUT2D eigenvalue weighted by Gasteiger charge is 2.15. The summed E-state index contributed by atoms with van der Waals surface area (Å²) in [5.74, 6) is -3.52. The van der Waals surface area contributed by atoms with E-state index in [1.807, 2.05) is 6.07 Å². The first-order valence-corrected chi connectivity index (χ1v) is 5.51. The molecular weight excluding hydrogens is 266 g/mol. The van der Waals surface area contributed by atoms with Crippen LogP contribution < -0.4 is 5.32 Å². The van der Waals surface area contributed by atoms with Crippen molar-refractivity contribution in [2.45, 2.75) is 0 Å². The van der Waals surface area contributed by atoms with E-state index < -0.39 is 28.9 Å². The van der Waals surface area contributed by atoms with Gasteiger partial charge in [0.25, 0.3) is 0 Å². The van der Waals surface area contributed by atoms with Crippen molar-refractivity contribution in [1.82, 2.24) is 0 Å². The monoisotopic (exact) mass is 274 g/mol. The van der Waals surface area contributed by atoms with Crippen LogP contribution in [-0.2, 0) is 0 Å². The van der Waals surface area contributed by atoms with Gasteiger partial charge < -0.3 is 10.4 Å². The van der Waals surface area contributed by atoms with Crippen molar-refractivity contribution in [3.63, 3.8) is 0 Å². The van der Waals surface area contributed by atoms with Crippen molar-refractivity contribution in [3.8, 4) is 6.07 Å². The molecule has 0 aliphatic heterocycles. The summed E-state index contributed by atoms with van der Waals surface area (Å²) in [6, 6.07) is 9.50. The third-order valence-electron chi connectivity index (χ3n) is 2.60. The molecule has 0 radical (unpaired) electrons. The van der Waals surface area contributed by atoms with Gasteiger partial charge in [0.1, 0.15) is 11.8 Å². The van der Waals surface area contributed by atoms with Gasteiger partial charge in [-0.15, -0.1) is 0 Å². The first-order chi connectivity index (χ1) is 9.52. The Balaban J connectivity index is 2.45. The van der Waals surface area contributed by atoms with E-state index in [0.29, 0.717) is 12.1 Å². The van der Waals surface area contributed by atoms with Crippen LogP contribution in [0, 0.1) is 23.0 Å². The SMILES string of the molecule is N#Cc1ccccc1Nc1c(F)cc(C(=O)O)cc1F. The highest BCUT2D eigenvalue weighted by atomic mass is 19.1. The number of hydrogen-bond donors (Lipinski definition) is 2. The van der Waals surface area contributed by atoms with E-state index in [-0.39, 0.29) is 11.3 Å². The molecule has 100 valence electrons. The van der Waals surface area contributed by atoms with Crippen molar-refractivity contribution in [3.05, 3.63) is 59.2 Å². The van der Waals surface area contributed by atoms with E-state index >= 15 is 0 Å². The molecule has 0 heterocycles. The Morgan fingerprint density at radius 3 is 2.35 bits per heavy atom. The molecule has 4 nitrogen and oxygen atoms in total. The Labute approximate surface area is 112 Å². The molecule has 0 amide bonds. The normalized spacial score (nSPS) is 9.85. The highest BCUT2D eigenvalue weighted by Crippen LogP contribution is 2.26. The predicted octanol–water partition coefficient (Wildman–Crippen LogP) is 3.28. The Morgan fingerprint density at radius 2 is 1.80 bits per heavy atom. The van der Waals surface area contributed by atoms with Gasteiger partial charge in [0.15, 0.2) is 11.6 Å². The van der Waals surface area contributed by atoms with Crippen LogP contribution in [0.5, 0.6) is 0 Å². The van der Waals surface area contributed by atoms with Crippen LogP contribution >= 0.6 is 0 Å². The fraction of sp³-hybridized carbons (Fsp3) is 0. The Morgan fingerprint density at radius 1 is 1.20 bits per heavy atom. The van der Waals surface area contributed by atoms with Crippen LogP contribution in [0.1, 0.15) is 15.9 Å². The minimum Gasteiger partial charge on any atom is -0.478 e. The maximum absolute atomic E-state index is 13.7. The number of carboxylic acid groups (broad SMARTS) is 1. The number of nitriles is 1. The second-order valence-electron chi connectivity index (χ2n) is 3.90. The van der Waals surface area contributed by atoms with E-state index in [9.17, 15) is 13.6 Å². The van der Waals surface area contributed by atoms with Crippen molar-refractivity contribution in [2.75, 3.05) is 5.32 Å². The molecule has 0 saturated heterocycles. The lowest BCUT2D eigenvalue weighted by Gasteiger charge is -2.10. The number of nitrogens with zero attached hydrogens (tertiary/aromatic N) is 1. The maximum atomic E-state index is 13.7. The van der Waals surface area contributed by atoms with Gasteiger partial charge in [0.05, 0.1) is 16.8 Å². The number of rotatable bonds is 3. The molecule has 0 fully saturated rings. The summed E-state index contributed by atoms with van der Waals surface area (Å²) in [7, 11) is 0. The van der Waals surface area contributed by atoms with Crippen LogP contribution in [0.3, 0.4) is 0 Å². The quantitative estimate of drug-likeness (QED) is 0.900. The summed E-state index contributed by atoms with van der Waals surface area (Å²) in [5.41, 5.74) is -0.540. The molecule has 2 aromatic carbocycles. The number of carboxylic acids is 1. The zero-order chi connectivity index (χ0) is 14.7. The molecule has 0 spiro atoms. The van der Waals surface area contributed by atoms with Crippen LogP contribution in [0.2, 0.25) is 0 Å². The fourth-order valence-corrected chi connectivity index (χ4v) is 1.64. The van der Waals surface area contributed by atoms with Gasteiger partial charge in [0, 0.05) is 0 Å². The minimum atomic E-state index is -1.42. The first kappa shape index (κ1) is 13.5. The summed E-state index contributed by atoms with van der Waals surface area (Å²) in [5, 5.41) is 20.1. The fourth-order valence-electron chi connectivity index (χ4n) is 1.64. The van der Waals surface area contributed by atoms with Gasteiger partial charge in [-0.05, 0) is 24.3 Å². The van der Waals surface area contributed by atoms with Crippen molar-refractivity contribution in [1.29, 1.82) is 5.26 Å². The third-order valence-corrected chi connectivity index (χ3v) is 2.60. The smallest absolute Gasteiger partial charge is 0.335 e. The molecule has 2 aromatic rings. The van der Waals surface area contributed by atoms with E-state index in [4.69, 9.17) is 10.4 Å². The van der Waals surface area contributed by atoms with E-state index in [0.717, 1.165) is 0 Å². The number of nitrogens with one attached hydrogen (secondary N) is 1. The standard InChI is InChI=1S/C14H8F2N2O2/c15-10-5-9(14(19)20)6-11(16)13(10)18-12-4-2-1-3-8(12)7-17/h1-6,18H,(H,19,20). The van der Waals surface area contributed by atoms with Gasteiger partial charge >= 0.3 is 5.97 Å². The minimum absolute atomic E-state index is 0.216. The second kappa shape index (κ2) is 5.36. The van der Waals surface area contributed by atoms with E-state index in [1.165, 1.54) is 12.1 Å². The average Bonchev–Trinajstić information content (AvgIpc) is 2.42. The topological polar surface area (TPSA) is 73.1 Å². The van der Waals surface area contributed by atoms with Gasteiger partial charge in [-0.3, -0.25) is 0 Å². The molecule has 0 aliphatic rings. The Hall–Kier alpha value is -2.94. The molecule has 2 rings (SSSR count). The molecular formula is C14H8F2N2O2. The van der Waals surface area contributed by atoms with Crippen LogP contribution in [0.15, 0.2) is 36.4 Å². The number of hydrogen-bond acceptors (Lipinski definition) is 3. The van der Waals surface area contributed by atoms with E-state index in [1.54, 1.807) is 12.1 Å². The number of aromatic carboxylic acids is 1. The number of anilines is 2. The Bertz CT molecular complexity index is 700. The van der Waals surface area contributed by atoms with Crippen LogP contribution in [-0.4, -0.2) is 11.1 Å². The summed E-state index contributed by atoms with van der Waals surface area (Å²) in [4.78, 5) is 10.7. The van der Waals surface area contributed by atoms with Crippen molar-refractivity contribution < 1.29 is 18.7 Å². The summed E-state index contributed by atoms with van der Waals surface area (Å²) >= 11 is 0. The molecule has 0 saturated carbocycles. The molecule has 0 aliphatic carbocycles. The number of carbonyl (C=O) groups is 1. The molecule has 0 unspecified atom stereocenters. The third kappa shape index (κ3) is 2.57. The average molecular weight is 274 g/mol. The number of para-hydroxylation sites is 1. The number of benzene rings is 2. The molecule has 0 bridgehead atoms. The molecule has 0 aromatic heterocycles. The van der Waals surface area contributed by atoms with Crippen LogP contribution in [0.25, 0.3) is 0 Å². The van der Waals surface area contributed by atoms with Gasteiger partial charge in [-0.1, -0.05) is 12.1 Å². The lowest BCUT2D eigenvalue weighted by molar-refractivity contribution is 0.0696. The molecule has 20 heavy (non-hydrogen) atoms. The predicted molar refractivity (Wildman–Crippen MR) is 67.8 cm³/mol. The molecule has 6 heteroatoms. The zero-order valence-electron chi connectivity index (χ0n) is 10.0. The lowest BCUT2D eigenvalue weighted by atomic mass is 10.1. The highest BCUT2D eigenvalue weighted by molar-refractivity contribution is 5.88. The van der Waals surface area contributed by atoms with Crippen LogP contribution in [0.4, 0.5) is 20.2 Å². The van der Waals surface area contributed by atoms with Crippen molar-refractivity contribution >= 4 is 17.3 Å². The first-order valence-electron chi connectivity index (χ1n) is 5.51. The summed E-state index contributed by atoms with van der Waals surface area (Å²) in [6.07, 6.45) is 0. The lowest BCUT2D eigenvalue weighted by Crippen LogP contribution is -2.04. The summed E-state index contributed by atoms with van der Waals surface area (Å²) < 4.78 is 27.5. The largest absolute Gasteiger partial charge is 0.478 e. The van der Waals surface area contributed by atoms with E-state index in [2.05, 4.69) is 5.32 Å².